The van der Waals surface area contributed by atoms with Crippen molar-refractivity contribution in [1.82, 2.24) is 24.8 Å². The highest BCUT2D eigenvalue weighted by Gasteiger charge is 2.24. The van der Waals surface area contributed by atoms with Crippen LogP contribution in [0.25, 0.3) is 22.2 Å². The summed E-state index contributed by atoms with van der Waals surface area (Å²) in [6.45, 7) is 1.58. The summed E-state index contributed by atoms with van der Waals surface area (Å²) in [4.78, 5) is 25.1. The Bertz CT molecular complexity index is 882. The summed E-state index contributed by atoms with van der Waals surface area (Å²) in [5.41, 5.74) is 3.65. The monoisotopic (exact) mass is 307 g/mol. The maximum absolute atomic E-state index is 12.1. The summed E-state index contributed by atoms with van der Waals surface area (Å²) in [5.74, 6) is 0.401. The summed E-state index contributed by atoms with van der Waals surface area (Å²) < 4.78 is 1.96. The Morgan fingerprint density at radius 1 is 1.26 bits per heavy atom. The molecular weight excluding hydrogens is 290 g/mol. The van der Waals surface area contributed by atoms with E-state index in [1.165, 1.54) is 0 Å². The van der Waals surface area contributed by atoms with Crippen molar-refractivity contribution >= 4 is 16.7 Å². The van der Waals surface area contributed by atoms with Crippen molar-refractivity contribution in [2.75, 3.05) is 13.1 Å². The Morgan fingerprint density at radius 3 is 2.83 bits per heavy atom. The average molecular weight is 307 g/mol. The van der Waals surface area contributed by atoms with E-state index in [4.69, 9.17) is 0 Å². The second-order valence-electron chi connectivity index (χ2n) is 5.98. The molecule has 6 heteroatoms. The molecule has 6 nitrogen and oxygen atoms in total. The minimum Gasteiger partial charge on any atom is -0.334 e. The quantitative estimate of drug-likeness (QED) is 0.788. The number of carbonyl (C=O) groups excluding carboxylic acids is 1. The van der Waals surface area contributed by atoms with Crippen LogP contribution in [-0.2, 0) is 18.3 Å². The van der Waals surface area contributed by atoms with Gasteiger partial charge in [-0.25, -0.2) is 4.98 Å². The average Bonchev–Trinajstić information content (AvgIpc) is 2.91. The number of fused-ring (bicyclic) bond motifs is 1. The fourth-order valence-corrected chi connectivity index (χ4v) is 2.79. The van der Waals surface area contributed by atoms with Crippen LogP contribution in [-0.4, -0.2) is 38.4 Å². The number of imidazole rings is 1. The zero-order valence-electron chi connectivity index (χ0n) is 12.9. The van der Waals surface area contributed by atoms with E-state index in [1.54, 1.807) is 12.5 Å². The number of hydrogen-bond acceptors (Lipinski definition) is 5. The Balaban J connectivity index is 1.66. The van der Waals surface area contributed by atoms with Gasteiger partial charge in [0.2, 0.25) is 0 Å². The summed E-state index contributed by atoms with van der Waals surface area (Å²) in [5, 5.41) is 4.12. The van der Waals surface area contributed by atoms with Gasteiger partial charge in [-0.3, -0.25) is 14.8 Å². The first-order chi connectivity index (χ1) is 11.2. The largest absolute Gasteiger partial charge is 0.334 e. The van der Waals surface area contributed by atoms with Crippen molar-refractivity contribution in [3.8, 4) is 11.3 Å². The first-order valence-corrected chi connectivity index (χ1v) is 7.65. The Hall–Kier alpha value is -2.60. The van der Waals surface area contributed by atoms with Gasteiger partial charge in [0.15, 0.2) is 0 Å². The Labute approximate surface area is 133 Å². The number of pyridine rings is 2. The number of hydrogen-bond donors (Lipinski definition) is 1. The van der Waals surface area contributed by atoms with Gasteiger partial charge in [0.1, 0.15) is 5.78 Å². The minimum atomic E-state index is 0.145. The Morgan fingerprint density at radius 2 is 2.13 bits per heavy atom. The Kier molecular flexibility index (Phi) is 3.38. The molecule has 4 heterocycles. The summed E-state index contributed by atoms with van der Waals surface area (Å²) in [6, 6.07) is 4.03. The van der Waals surface area contributed by atoms with Gasteiger partial charge in [-0.05, 0) is 12.1 Å². The van der Waals surface area contributed by atoms with Crippen LogP contribution in [0.1, 0.15) is 5.69 Å². The number of rotatable bonds is 4. The molecule has 0 unspecified atom stereocenters. The topological polar surface area (TPSA) is 72.7 Å². The molecule has 1 fully saturated rings. The molecule has 0 atom stereocenters. The molecule has 0 aromatic carbocycles. The summed E-state index contributed by atoms with van der Waals surface area (Å²) in [7, 11) is 1.95. The van der Waals surface area contributed by atoms with Crippen LogP contribution in [0.15, 0.2) is 37.1 Å². The minimum absolute atomic E-state index is 0.145. The van der Waals surface area contributed by atoms with E-state index in [2.05, 4.69) is 26.3 Å². The van der Waals surface area contributed by atoms with Crippen LogP contribution in [0.5, 0.6) is 0 Å². The smallest absolute Gasteiger partial charge is 0.144 e. The van der Waals surface area contributed by atoms with Crippen LogP contribution in [0.3, 0.4) is 0 Å². The molecule has 0 bridgehead atoms. The third kappa shape index (κ3) is 2.61. The summed E-state index contributed by atoms with van der Waals surface area (Å²) >= 11 is 0. The van der Waals surface area contributed by atoms with E-state index < -0.39 is 0 Å². The zero-order valence-corrected chi connectivity index (χ0v) is 12.9. The molecule has 0 spiro atoms. The van der Waals surface area contributed by atoms with Gasteiger partial charge in [-0.2, -0.15) is 0 Å². The maximum atomic E-state index is 12.1. The van der Waals surface area contributed by atoms with Gasteiger partial charge in [-0.1, -0.05) is 0 Å². The van der Waals surface area contributed by atoms with E-state index >= 15 is 0 Å². The molecule has 0 radical (unpaired) electrons. The third-order valence-electron chi connectivity index (χ3n) is 4.33. The van der Waals surface area contributed by atoms with Crippen LogP contribution in [0.4, 0.5) is 0 Å². The fraction of sp³-hybridized carbons (Fsp3) is 0.294. The van der Waals surface area contributed by atoms with Crippen LogP contribution >= 0.6 is 0 Å². The van der Waals surface area contributed by atoms with E-state index in [0.717, 1.165) is 40.9 Å². The van der Waals surface area contributed by atoms with Crippen LogP contribution in [0.2, 0.25) is 0 Å². The van der Waals surface area contributed by atoms with Gasteiger partial charge < -0.3 is 9.88 Å². The maximum Gasteiger partial charge on any atom is 0.144 e. The number of aryl methyl sites for hydroxylation is 1. The van der Waals surface area contributed by atoms with Crippen molar-refractivity contribution in [3.05, 3.63) is 42.7 Å². The first-order valence-electron chi connectivity index (χ1n) is 7.65. The molecular formula is C17H17N5O. The van der Waals surface area contributed by atoms with Gasteiger partial charge in [0.25, 0.3) is 0 Å². The predicted octanol–water partition coefficient (Wildman–Crippen LogP) is 1.36. The number of ketones is 1. The molecule has 0 saturated carbocycles. The van der Waals surface area contributed by atoms with Crippen LogP contribution in [0, 0.1) is 5.92 Å². The molecule has 3 aromatic rings. The van der Waals surface area contributed by atoms with Crippen molar-refractivity contribution in [3.63, 3.8) is 0 Å². The highest BCUT2D eigenvalue weighted by Crippen LogP contribution is 2.22. The molecule has 0 aliphatic carbocycles. The van der Waals surface area contributed by atoms with Gasteiger partial charge >= 0.3 is 0 Å². The van der Waals surface area contributed by atoms with E-state index in [1.807, 2.05) is 30.1 Å². The lowest BCUT2D eigenvalue weighted by molar-refractivity contribution is -0.123. The van der Waals surface area contributed by atoms with Crippen LogP contribution < -0.4 is 5.32 Å². The predicted molar refractivity (Wildman–Crippen MR) is 86.8 cm³/mol. The third-order valence-corrected chi connectivity index (χ3v) is 4.33. The van der Waals surface area contributed by atoms with Crippen molar-refractivity contribution < 1.29 is 4.79 Å². The standard InChI is InChI=1S/C17H17N5O/c1-22-10-19-9-16(22)12-2-11-3-14(20-8-15(11)21-7-12)4-17(23)13-5-18-6-13/h2-3,7-10,13,18H,4-6H2,1H3. The van der Waals surface area contributed by atoms with Gasteiger partial charge in [0, 0.05) is 55.3 Å². The zero-order chi connectivity index (χ0) is 15.8. The lowest BCUT2D eigenvalue weighted by Crippen LogP contribution is -2.47. The summed E-state index contributed by atoms with van der Waals surface area (Å²) in [6.07, 6.45) is 7.54. The normalized spacial score (nSPS) is 14.8. The van der Waals surface area contributed by atoms with Crippen molar-refractivity contribution in [1.29, 1.82) is 0 Å². The fourth-order valence-electron chi connectivity index (χ4n) is 2.79. The lowest BCUT2D eigenvalue weighted by atomic mass is 9.94. The van der Waals surface area contributed by atoms with E-state index in [9.17, 15) is 4.79 Å². The number of nitrogens with one attached hydrogen (secondary N) is 1. The molecule has 116 valence electrons. The van der Waals surface area contributed by atoms with Crippen molar-refractivity contribution in [2.45, 2.75) is 6.42 Å². The van der Waals surface area contributed by atoms with Crippen molar-refractivity contribution in [2.24, 2.45) is 13.0 Å². The number of Topliss-reactive ketones (excluding diaryl/α,β-unsaturated/α-hetero) is 1. The molecule has 23 heavy (non-hydrogen) atoms. The van der Waals surface area contributed by atoms with E-state index in [0.29, 0.717) is 6.42 Å². The second-order valence-corrected chi connectivity index (χ2v) is 5.98. The molecule has 1 aliphatic heterocycles. The molecule has 4 rings (SSSR count). The molecule has 1 saturated heterocycles. The molecule has 0 amide bonds. The number of carbonyl (C=O) groups is 1. The number of aromatic nitrogens is 4. The highest BCUT2D eigenvalue weighted by molar-refractivity contribution is 5.86. The van der Waals surface area contributed by atoms with Gasteiger partial charge in [-0.15, -0.1) is 0 Å². The SMILES string of the molecule is Cn1cncc1-c1cnc2cnc(CC(=O)C3CNC3)cc2c1. The molecule has 1 N–H and O–H groups in total. The van der Waals surface area contributed by atoms with E-state index in [-0.39, 0.29) is 11.7 Å². The van der Waals surface area contributed by atoms with Gasteiger partial charge in [0.05, 0.1) is 29.9 Å². The number of nitrogens with zero attached hydrogens (tertiary/aromatic N) is 4. The first kappa shape index (κ1) is 14.0. The molecule has 1 aliphatic rings. The molecule has 3 aromatic heterocycles. The highest BCUT2D eigenvalue weighted by atomic mass is 16.1. The lowest BCUT2D eigenvalue weighted by Gasteiger charge is -2.25. The second kappa shape index (κ2) is 5.55.